The van der Waals surface area contributed by atoms with Crippen LogP contribution in [0.5, 0.6) is 23.0 Å². The Hall–Kier alpha value is -5.28. The van der Waals surface area contributed by atoms with Gasteiger partial charge in [0.05, 0.1) is 21.2 Å². The lowest BCUT2D eigenvalue weighted by molar-refractivity contribution is 0.482. The van der Waals surface area contributed by atoms with E-state index in [-0.39, 0.29) is 16.3 Å². The molecule has 4 heterocycles. The smallest absolute Gasteiger partial charge is 0.240 e. The lowest BCUT2D eigenvalue weighted by Gasteiger charge is -2.16. The summed E-state index contributed by atoms with van der Waals surface area (Å²) in [6.07, 6.45) is 8.31. The maximum absolute atomic E-state index is 14.0. The maximum Gasteiger partial charge on any atom is 0.240 e. The molecule has 12 nitrogen and oxygen atoms in total. The first-order chi connectivity index (χ1) is 27.4. The lowest BCUT2D eigenvalue weighted by Crippen LogP contribution is -2.24. The number of sulfonamides is 2. The van der Waals surface area contributed by atoms with Gasteiger partial charge in [-0.05, 0) is 110 Å². The summed E-state index contributed by atoms with van der Waals surface area (Å²) in [4.78, 5) is 9.84. The number of aromatic nitrogens is 4. The Bertz CT molecular complexity index is 2640. The second-order valence-corrected chi connectivity index (χ2v) is 18.4. The molecule has 0 saturated heterocycles. The zero-order valence-electron chi connectivity index (χ0n) is 32.4. The van der Waals surface area contributed by atoms with E-state index in [9.17, 15) is 16.8 Å². The Morgan fingerprint density at radius 2 is 1.23 bits per heavy atom. The number of aryl methyl sites for hydroxylation is 5. The van der Waals surface area contributed by atoms with Crippen LogP contribution < -0.4 is 18.9 Å². The predicted octanol–water partition coefficient (Wildman–Crippen LogP) is 7.96. The van der Waals surface area contributed by atoms with E-state index in [0.717, 1.165) is 61.5 Å². The maximum atomic E-state index is 14.0. The summed E-state index contributed by atoms with van der Waals surface area (Å²) in [5.74, 6) is 4.35. The summed E-state index contributed by atoms with van der Waals surface area (Å²) in [6.45, 7) is 8.01. The lowest BCUT2D eigenvalue weighted by atomic mass is 10.0. The van der Waals surface area contributed by atoms with E-state index in [0.29, 0.717) is 57.9 Å². The van der Waals surface area contributed by atoms with E-state index in [1.165, 1.54) is 18.7 Å². The molecule has 8 rings (SSSR count). The normalized spacial score (nSPS) is 13.9. The van der Waals surface area contributed by atoms with Crippen LogP contribution >= 0.6 is 0 Å². The fourth-order valence-electron chi connectivity index (χ4n) is 7.42. The number of hydrogen-bond acceptors (Lipinski definition) is 8. The SMILES string of the molecule is CCc1ccc(Oc2ccc(S(=O)(=O)NC)cc2-c2cn3c(n2)CCC3)cc1CNS(=O)(=O)c1ccc(Oc2ccc(C(C)C)cc2)c(-c2cn3c(n2)CCC3)c1. The molecule has 2 N–H and O–H groups in total. The molecule has 4 aromatic carbocycles. The van der Waals surface area contributed by atoms with Crippen molar-refractivity contribution < 1.29 is 26.3 Å². The van der Waals surface area contributed by atoms with E-state index < -0.39 is 20.0 Å². The zero-order chi connectivity index (χ0) is 39.9. The minimum atomic E-state index is -4.00. The summed E-state index contributed by atoms with van der Waals surface area (Å²) in [6, 6.07) is 23.0. The van der Waals surface area contributed by atoms with Crippen LogP contribution in [-0.4, -0.2) is 43.0 Å². The van der Waals surface area contributed by atoms with Crippen LogP contribution in [0.4, 0.5) is 0 Å². The van der Waals surface area contributed by atoms with Crippen LogP contribution in [0.15, 0.2) is 101 Å². The van der Waals surface area contributed by atoms with E-state index >= 15 is 0 Å². The first-order valence-electron chi connectivity index (χ1n) is 19.3. The van der Waals surface area contributed by atoms with Gasteiger partial charge in [0.2, 0.25) is 20.0 Å². The Kier molecular flexibility index (Phi) is 10.5. The summed E-state index contributed by atoms with van der Waals surface area (Å²) < 4.78 is 75.7. The molecule has 0 fully saturated rings. The van der Waals surface area contributed by atoms with Gasteiger partial charge < -0.3 is 18.6 Å². The molecule has 2 aromatic heterocycles. The molecular formula is C43H46N6O6S2. The second kappa shape index (κ2) is 15.6. The third kappa shape index (κ3) is 7.99. The number of imidazole rings is 2. The van der Waals surface area contributed by atoms with Crippen molar-refractivity contribution in [2.45, 2.75) is 88.2 Å². The quantitative estimate of drug-likeness (QED) is 0.113. The molecule has 0 spiro atoms. The molecule has 0 bridgehead atoms. The molecule has 0 aliphatic carbocycles. The summed E-state index contributed by atoms with van der Waals surface area (Å²) in [5.41, 5.74) is 5.29. The van der Waals surface area contributed by atoms with Crippen molar-refractivity contribution in [3.63, 3.8) is 0 Å². The largest absolute Gasteiger partial charge is 0.457 e. The summed E-state index contributed by atoms with van der Waals surface area (Å²) in [5, 5.41) is 0. The van der Waals surface area contributed by atoms with Gasteiger partial charge in [0, 0.05) is 56.0 Å². The van der Waals surface area contributed by atoms with Crippen LogP contribution in [0.2, 0.25) is 0 Å². The molecule has 0 radical (unpaired) electrons. The average Bonchev–Trinajstić information content (AvgIpc) is 4.01. The average molecular weight is 807 g/mol. The third-order valence-corrected chi connectivity index (χ3v) is 13.5. The van der Waals surface area contributed by atoms with Crippen molar-refractivity contribution in [2.75, 3.05) is 7.05 Å². The Morgan fingerprint density at radius 1 is 0.684 bits per heavy atom. The van der Waals surface area contributed by atoms with Gasteiger partial charge in [-0.25, -0.2) is 36.2 Å². The van der Waals surface area contributed by atoms with Gasteiger partial charge in [0.25, 0.3) is 0 Å². The van der Waals surface area contributed by atoms with Gasteiger partial charge in [-0.1, -0.05) is 39.0 Å². The molecule has 2 aliphatic rings. The molecule has 6 aromatic rings. The summed E-state index contributed by atoms with van der Waals surface area (Å²) in [7, 11) is -6.36. The zero-order valence-corrected chi connectivity index (χ0v) is 34.1. The van der Waals surface area contributed by atoms with Crippen molar-refractivity contribution in [2.24, 2.45) is 0 Å². The predicted molar refractivity (Wildman–Crippen MR) is 219 cm³/mol. The Labute approximate surface area is 334 Å². The minimum Gasteiger partial charge on any atom is -0.457 e. The Morgan fingerprint density at radius 3 is 1.75 bits per heavy atom. The molecule has 0 saturated carbocycles. The van der Waals surface area contributed by atoms with Crippen molar-refractivity contribution in [3.8, 4) is 45.5 Å². The highest BCUT2D eigenvalue weighted by molar-refractivity contribution is 7.89. The number of rotatable bonds is 14. The van der Waals surface area contributed by atoms with Crippen LogP contribution in [0, 0.1) is 0 Å². The van der Waals surface area contributed by atoms with Crippen molar-refractivity contribution in [3.05, 3.63) is 120 Å². The monoisotopic (exact) mass is 806 g/mol. The number of nitrogens with one attached hydrogen (secondary N) is 2. The second-order valence-electron chi connectivity index (χ2n) is 14.7. The third-order valence-electron chi connectivity index (χ3n) is 10.7. The number of fused-ring (bicyclic) bond motifs is 2. The van der Waals surface area contributed by atoms with Crippen molar-refractivity contribution in [1.82, 2.24) is 28.5 Å². The minimum absolute atomic E-state index is 0.0112. The topological polar surface area (TPSA) is 146 Å². The Balaban J connectivity index is 1.07. The molecule has 2 aliphatic heterocycles. The van der Waals surface area contributed by atoms with Gasteiger partial charge in [0.15, 0.2) is 0 Å². The van der Waals surface area contributed by atoms with E-state index in [4.69, 9.17) is 19.4 Å². The molecule has 0 amide bonds. The highest BCUT2D eigenvalue weighted by Gasteiger charge is 2.24. The fourth-order valence-corrected chi connectivity index (χ4v) is 9.21. The molecule has 296 valence electrons. The van der Waals surface area contributed by atoms with E-state index in [1.807, 2.05) is 61.8 Å². The van der Waals surface area contributed by atoms with Gasteiger partial charge in [0.1, 0.15) is 34.6 Å². The van der Waals surface area contributed by atoms with Gasteiger partial charge in [-0.15, -0.1) is 0 Å². The highest BCUT2D eigenvalue weighted by atomic mass is 32.2. The molecular weight excluding hydrogens is 761 g/mol. The first kappa shape index (κ1) is 38.6. The van der Waals surface area contributed by atoms with Gasteiger partial charge in [-0.3, -0.25) is 0 Å². The standard InChI is InChI=1S/C43H46N6O6S2/c1-5-29-10-15-33(55-41-18-16-34(56(50,51)44-4)23-36(41)38-26-48-20-6-8-42(48)46-38)22-31(29)25-45-57(52,53)35-17-19-40(54-32-13-11-30(12-14-32)28(2)3)37(24-35)39-27-49-21-7-9-43(49)47-39/h10-19,22-24,26-28,44-45H,5-9,20-21,25H2,1-4H3. The van der Waals surface area contributed by atoms with Crippen LogP contribution in [-0.2, 0) is 58.9 Å². The number of nitrogens with zero attached hydrogens (tertiary/aromatic N) is 4. The van der Waals surface area contributed by atoms with Crippen LogP contribution in [0.3, 0.4) is 0 Å². The van der Waals surface area contributed by atoms with Crippen LogP contribution in [0.1, 0.15) is 67.9 Å². The molecule has 14 heteroatoms. The highest BCUT2D eigenvalue weighted by Crippen LogP contribution is 2.38. The molecule has 57 heavy (non-hydrogen) atoms. The van der Waals surface area contributed by atoms with Gasteiger partial charge >= 0.3 is 0 Å². The number of hydrogen-bond donors (Lipinski definition) is 2. The van der Waals surface area contributed by atoms with E-state index in [1.54, 1.807) is 30.3 Å². The van der Waals surface area contributed by atoms with Crippen LogP contribution in [0.25, 0.3) is 22.5 Å². The summed E-state index contributed by atoms with van der Waals surface area (Å²) >= 11 is 0. The first-order valence-corrected chi connectivity index (χ1v) is 22.3. The van der Waals surface area contributed by atoms with Crippen molar-refractivity contribution in [1.29, 1.82) is 0 Å². The molecule has 0 unspecified atom stereocenters. The van der Waals surface area contributed by atoms with Gasteiger partial charge in [-0.2, -0.15) is 0 Å². The fraction of sp³-hybridized carbons (Fsp3) is 0.302. The van der Waals surface area contributed by atoms with E-state index in [2.05, 4.69) is 32.4 Å². The van der Waals surface area contributed by atoms with Crippen molar-refractivity contribution >= 4 is 20.0 Å². The number of benzene rings is 4. The number of ether oxygens (including phenoxy) is 2. The molecule has 0 atom stereocenters.